The highest BCUT2D eigenvalue weighted by molar-refractivity contribution is 5.93. The summed E-state index contributed by atoms with van der Waals surface area (Å²) in [7, 11) is 1.13. The maximum Gasteiger partial charge on any atom is 0.574 e. The second-order valence-corrected chi connectivity index (χ2v) is 3.13. The summed E-state index contributed by atoms with van der Waals surface area (Å²) in [6.45, 7) is 1.48. The zero-order chi connectivity index (χ0) is 14.6. The molecule has 0 amide bonds. The van der Waals surface area contributed by atoms with E-state index >= 15 is 0 Å². The van der Waals surface area contributed by atoms with Gasteiger partial charge in [-0.2, -0.15) is 4.98 Å². The zero-order valence-electron chi connectivity index (χ0n) is 9.95. The first-order valence-electron chi connectivity index (χ1n) is 4.99. The molecule has 9 heteroatoms. The van der Waals surface area contributed by atoms with E-state index in [0.29, 0.717) is 0 Å². The van der Waals surface area contributed by atoms with Crippen LogP contribution in [0.5, 0.6) is 17.5 Å². The highest BCUT2D eigenvalue weighted by Gasteiger charge is 2.34. The minimum atomic E-state index is -5.07. The quantitative estimate of drug-likeness (QED) is 0.849. The van der Waals surface area contributed by atoms with E-state index in [2.05, 4.69) is 19.2 Å². The molecule has 0 bridgehead atoms. The van der Waals surface area contributed by atoms with Crippen molar-refractivity contribution in [3.05, 3.63) is 11.6 Å². The molecule has 1 rings (SSSR count). The summed E-state index contributed by atoms with van der Waals surface area (Å²) >= 11 is 0. The molecule has 1 aromatic heterocycles. The molecule has 0 aliphatic heterocycles. The van der Waals surface area contributed by atoms with Crippen LogP contribution in [0.25, 0.3) is 0 Å². The summed E-state index contributed by atoms with van der Waals surface area (Å²) in [5, 5.41) is 9.53. The summed E-state index contributed by atoms with van der Waals surface area (Å²) in [4.78, 5) is 14.7. The van der Waals surface area contributed by atoms with Crippen LogP contribution in [0.1, 0.15) is 17.3 Å². The standard InChI is InChI=1S/C10H10F3NO5/c1-3-18-9(16)5-4-6(17-2)14-8(7(5)15)19-10(11,12)13/h4,15H,3H2,1-2H3. The molecule has 1 aromatic rings. The minimum absolute atomic E-state index is 0.0155. The van der Waals surface area contributed by atoms with Crippen LogP contribution in [0, 0.1) is 0 Å². The van der Waals surface area contributed by atoms with Crippen LogP contribution in [-0.4, -0.2) is 36.1 Å². The highest BCUT2D eigenvalue weighted by Crippen LogP contribution is 2.35. The van der Waals surface area contributed by atoms with E-state index < -0.39 is 29.5 Å². The first-order chi connectivity index (χ1) is 8.78. The monoisotopic (exact) mass is 281 g/mol. The highest BCUT2D eigenvalue weighted by atomic mass is 19.4. The van der Waals surface area contributed by atoms with Crippen LogP contribution in [0.3, 0.4) is 0 Å². The fourth-order valence-corrected chi connectivity index (χ4v) is 1.14. The number of methoxy groups -OCH3 is 1. The van der Waals surface area contributed by atoms with Gasteiger partial charge < -0.3 is 19.3 Å². The van der Waals surface area contributed by atoms with Crippen molar-refractivity contribution >= 4 is 5.97 Å². The molecule has 0 aromatic carbocycles. The number of nitrogens with zero attached hydrogens (tertiary/aromatic N) is 1. The number of aromatic hydroxyl groups is 1. The van der Waals surface area contributed by atoms with E-state index in [-0.39, 0.29) is 12.5 Å². The Labute approximate surface area is 105 Å². The van der Waals surface area contributed by atoms with Gasteiger partial charge in [0.25, 0.3) is 5.88 Å². The van der Waals surface area contributed by atoms with Gasteiger partial charge in [0.05, 0.1) is 13.7 Å². The van der Waals surface area contributed by atoms with E-state index in [1.54, 1.807) is 0 Å². The molecule has 0 atom stereocenters. The van der Waals surface area contributed by atoms with Crippen LogP contribution >= 0.6 is 0 Å². The molecule has 106 valence electrons. The van der Waals surface area contributed by atoms with Crippen molar-refractivity contribution in [2.24, 2.45) is 0 Å². The Bertz CT molecular complexity index is 475. The van der Waals surface area contributed by atoms with E-state index in [9.17, 15) is 23.1 Å². The fraction of sp³-hybridized carbons (Fsp3) is 0.400. The fourth-order valence-electron chi connectivity index (χ4n) is 1.14. The van der Waals surface area contributed by atoms with Gasteiger partial charge in [0.15, 0.2) is 5.75 Å². The number of carbonyl (C=O) groups excluding carboxylic acids is 1. The number of rotatable bonds is 4. The van der Waals surface area contributed by atoms with Crippen molar-refractivity contribution in [3.8, 4) is 17.5 Å². The summed E-state index contributed by atoms with van der Waals surface area (Å²) in [6, 6.07) is 0.941. The predicted octanol–water partition coefficient (Wildman–Crippen LogP) is 1.87. The Morgan fingerprint density at radius 1 is 1.47 bits per heavy atom. The van der Waals surface area contributed by atoms with Crippen molar-refractivity contribution in [3.63, 3.8) is 0 Å². The number of alkyl halides is 3. The van der Waals surface area contributed by atoms with Gasteiger partial charge in [-0.05, 0) is 6.92 Å². The molecule has 0 saturated heterocycles. The number of pyridine rings is 1. The third-order valence-corrected chi connectivity index (χ3v) is 1.85. The van der Waals surface area contributed by atoms with Crippen LogP contribution < -0.4 is 9.47 Å². The molecule has 0 saturated carbocycles. The molecule has 0 fully saturated rings. The lowest BCUT2D eigenvalue weighted by molar-refractivity contribution is -0.276. The smallest absolute Gasteiger partial charge is 0.502 e. The lowest BCUT2D eigenvalue weighted by Gasteiger charge is -2.12. The van der Waals surface area contributed by atoms with Gasteiger partial charge in [-0.3, -0.25) is 0 Å². The number of esters is 1. The second-order valence-electron chi connectivity index (χ2n) is 3.13. The largest absolute Gasteiger partial charge is 0.574 e. The summed E-state index contributed by atoms with van der Waals surface area (Å²) < 4.78 is 49.0. The molecule has 6 nitrogen and oxygen atoms in total. The molecule has 0 spiro atoms. The van der Waals surface area contributed by atoms with E-state index in [1.165, 1.54) is 6.92 Å². The topological polar surface area (TPSA) is 77.9 Å². The van der Waals surface area contributed by atoms with Gasteiger partial charge in [0.1, 0.15) is 5.56 Å². The molecule has 0 aliphatic rings. The van der Waals surface area contributed by atoms with Gasteiger partial charge in [-0.15, -0.1) is 13.2 Å². The summed E-state index contributed by atoms with van der Waals surface area (Å²) in [5.41, 5.74) is -0.534. The van der Waals surface area contributed by atoms with Crippen LogP contribution in [0.15, 0.2) is 6.07 Å². The third kappa shape index (κ3) is 3.90. The van der Waals surface area contributed by atoms with Crippen molar-refractivity contribution in [2.45, 2.75) is 13.3 Å². The minimum Gasteiger partial charge on any atom is -0.502 e. The second kappa shape index (κ2) is 5.63. The summed E-state index contributed by atoms with van der Waals surface area (Å²) in [5.74, 6) is -3.61. The number of aromatic nitrogens is 1. The normalized spacial score (nSPS) is 11.0. The molecule has 19 heavy (non-hydrogen) atoms. The average molecular weight is 281 g/mol. The van der Waals surface area contributed by atoms with E-state index in [0.717, 1.165) is 13.2 Å². The predicted molar refractivity (Wildman–Crippen MR) is 55.1 cm³/mol. The van der Waals surface area contributed by atoms with Crippen molar-refractivity contribution in [2.75, 3.05) is 13.7 Å². The number of carbonyl (C=O) groups is 1. The molecule has 1 N–H and O–H groups in total. The molecule has 0 unspecified atom stereocenters. The van der Waals surface area contributed by atoms with E-state index in [4.69, 9.17) is 0 Å². The van der Waals surface area contributed by atoms with Gasteiger partial charge in [-0.25, -0.2) is 4.79 Å². The van der Waals surface area contributed by atoms with Gasteiger partial charge in [-0.1, -0.05) is 0 Å². The Morgan fingerprint density at radius 3 is 2.58 bits per heavy atom. The van der Waals surface area contributed by atoms with Gasteiger partial charge in [0, 0.05) is 6.07 Å². The first-order valence-corrected chi connectivity index (χ1v) is 4.99. The van der Waals surface area contributed by atoms with Crippen LogP contribution in [0.2, 0.25) is 0 Å². The van der Waals surface area contributed by atoms with Crippen molar-refractivity contribution in [1.82, 2.24) is 4.98 Å². The van der Waals surface area contributed by atoms with E-state index in [1.807, 2.05) is 0 Å². The maximum absolute atomic E-state index is 12.1. The van der Waals surface area contributed by atoms with Crippen LogP contribution in [-0.2, 0) is 4.74 Å². The van der Waals surface area contributed by atoms with Crippen LogP contribution in [0.4, 0.5) is 13.2 Å². The lowest BCUT2D eigenvalue weighted by atomic mass is 10.2. The molecular weight excluding hydrogens is 271 g/mol. The zero-order valence-corrected chi connectivity index (χ0v) is 9.95. The Morgan fingerprint density at radius 2 is 2.11 bits per heavy atom. The van der Waals surface area contributed by atoms with Gasteiger partial charge in [0.2, 0.25) is 5.88 Å². The Balaban J connectivity index is 3.24. The first kappa shape index (κ1) is 14.9. The Kier molecular flexibility index (Phi) is 4.41. The van der Waals surface area contributed by atoms with Crippen molar-refractivity contribution in [1.29, 1.82) is 0 Å². The number of hydrogen-bond acceptors (Lipinski definition) is 6. The third-order valence-electron chi connectivity index (χ3n) is 1.85. The van der Waals surface area contributed by atoms with Gasteiger partial charge >= 0.3 is 12.3 Å². The number of halogens is 3. The molecular formula is C10H10F3NO5. The summed E-state index contributed by atoms with van der Waals surface area (Å²) in [6.07, 6.45) is -5.07. The maximum atomic E-state index is 12.1. The molecule has 0 radical (unpaired) electrons. The molecule has 1 heterocycles. The average Bonchev–Trinajstić information content (AvgIpc) is 2.30. The lowest BCUT2D eigenvalue weighted by Crippen LogP contribution is -2.19. The number of ether oxygens (including phenoxy) is 3. The van der Waals surface area contributed by atoms with Crippen molar-refractivity contribution < 1.29 is 37.3 Å². The molecule has 0 aliphatic carbocycles. The Hall–Kier alpha value is -2.19. The number of hydrogen-bond donors (Lipinski definition) is 1. The SMILES string of the molecule is CCOC(=O)c1cc(OC)nc(OC(F)(F)F)c1O.